The number of rotatable bonds is 5. The summed E-state index contributed by atoms with van der Waals surface area (Å²) < 4.78 is 10.0. The van der Waals surface area contributed by atoms with Gasteiger partial charge in [0.05, 0.1) is 12.1 Å². The summed E-state index contributed by atoms with van der Waals surface area (Å²) in [5, 5.41) is 18.9. The van der Waals surface area contributed by atoms with Crippen LogP contribution in [0.15, 0.2) is 24.0 Å². The average Bonchev–Trinajstić information content (AvgIpc) is 2.72. The van der Waals surface area contributed by atoms with E-state index in [1.165, 1.54) is 13.2 Å². The molecule has 1 unspecified atom stereocenters. The van der Waals surface area contributed by atoms with Crippen LogP contribution in [0.3, 0.4) is 0 Å². The molecule has 1 atom stereocenters. The molecule has 7 heteroatoms. The molecule has 21 heavy (non-hydrogen) atoms. The summed E-state index contributed by atoms with van der Waals surface area (Å²) in [5.74, 6) is -1.95. The molecule has 0 aliphatic carbocycles. The van der Waals surface area contributed by atoms with E-state index in [1.54, 1.807) is 12.1 Å². The molecule has 1 aliphatic heterocycles. The van der Waals surface area contributed by atoms with Crippen LogP contribution < -0.4 is 4.74 Å². The molecule has 1 heterocycles. The topological polar surface area (TPSA) is 93.1 Å². The lowest BCUT2D eigenvalue weighted by Gasteiger charge is -2.13. The zero-order valence-corrected chi connectivity index (χ0v) is 11.9. The van der Waals surface area contributed by atoms with Crippen molar-refractivity contribution in [1.29, 1.82) is 0 Å². The minimum absolute atomic E-state index is 0.0735. The van der Waals surface area contributed by atoms with Crippen LogP contribution >= 0.6 is 11.6 Å². The normalized spacial score (nSPS) is 17.8. The molecule has 0 fully saturated rings. The second kappa shape index (κ2) is 6.05. The molecule has 1 aromatic carbocycles. The number of aliphatic hydroxyl groups is 1. The van der Waals surface area contributed by atoms with Gasteiger partial charge in [0.15, 0.2) is 0 Å². The summed E-state index contributed by atoms with van der Waals surface area (Å²) in [4.78, 5) is 22.1. The Balaban J connectivity index is 2.35. The summed E-state index contributed by atoms with van der Waals surface area (Å²) in [6, 6.07) is 4.74. The second-order valence-corrected chi connectivity index (χ2v) is 4.85. The number of carbonyl (C=O) groups is 2. The third-order valence-electron chi connectivity index (χ3n) is 3.10. The van der Waals surface area contributed by atoms with Gasteiger partial charge in [-0.3, -0.25) is 4.79 Å². The van der Waals surface area contributed by atoms with Gasteiger partial charge < -0.3 is 19.7 Å². The fourth-order valence-electron chi connectivity index (χ4n) is 2.12. The third-order valence-corrected chi connectivity index (χ3v) is 3.40. The van der Waals surface area contributed by atoms with Crippen LogP contribution in [0, 0.1) is 0 Å². The van der Waals surface area contributed by atoms with Crippen LogP contribution in [0.4, 0.5) is 0 Å². The zero-order valence-electron chi connectivity index (χ0n) is 11.1. The predicted octanol–water partition coefficient (Wildman–Crippen LogP) is 2.41. The minimum atomic E-state index is -1.01. The summed E-state index contributed by atoms with van der Waals surface area (Å²) in [7, 11) is 1.47. The van der Waals surface area contributed by atoms with E-state index in [-0.39, 0.29) is 18.4 Å². The molecular weight excluding hydrogens is 300 g/mol. The van der Waals surface area contributed by atoms with Gasteiger partial charge in [-0.05, 0) is 24.1 Å². The number of benzene rings is 1. The van der Waals surface area contributed by atoms with Crippen LogP contribution in [0.1, 0.15) is 18.4 Å². The van der Waals surface area contributed by atoms with Crippen LogP contribution in [-0.4, -0.2) is 35.4 Å². The SMILES string of the molecule is COc1ccc(C2=C(O)C(=O)OC2CCC(=O)O)cc1Cl. The maximum Gasteiger partial charge on any atom is 0.374 e. The van der Waals surface area contributed by atoms with Gasteiger partial charge >= 0.3 is 11.9 Å². The Morgan fingerprint density at radius 2 is 2.19 bits per heavy atom. The molecule has 2 N–H and O–H groups in total. The largest absolute Gasteiger partial charge is 0.502 e. The van der Waals surface area contributed by atoms with Crippen molar-refractivity contribution in [2.45, 2.75) is 18.9 Å². The maximum atomic E-state index is 11.5. The smallest absolute Gasteiger partial charge is 0.374 e. The molecule has 0 spiro atoms. The van der Waals surface area contributed by atoms with E-state index in [0.717, 1.165) is 0 Å². The number of aliphatic hydroxyl groups excluding tert-OH is 1. The van der Waals surface area contributed by atoms with Gasteiger partial charge in [-0.25, -0.2) is 4.79 Å². The molecule has 0 radical (unpaired) electrons. The molecule has 6 nitrogen and oxygen atoms in total. The third kappa shape index (κ3) is 3.11. The molecule has 0 bridgehead atoms. The Labute approximate surface area is 125 Å². The van der Waals surface area contributed by atoms with Crippen molar-refractivity contribution in [2.24, 2.45) is 0 Å². The number of cyclic esters (lactones) is 1. The summed E-state index contributed by atoms with van der Waals surface area (Å²) in [6.45, 7) is 0. The molecule has 112 valence electrons. The van der Waals surface area contributed by atoms with Crippen molar-refractivity contribution in [2.75, 3.05) is 7.11 Å². The number of aliphatic carboxylic acids is 1. The lowest BCUT2D eigenvalue weighted by Crippen LogP contribution is -2.13. The van der Waals surface area contributed by atoms with E-state index in [2.05, 4.69) is 0 Å². The first-order valence-electron chi connectivity index (χ1n) is 6.14. The maximum absolute atomic E-state index is 11.5. The number of carboxylic acid groups (broad SMARTS) is 1. The van der Waals surface area contributed by atoms with Crippen molar-refractivity contribution in [3.05, 3.63) is 34.5 Å². The van der Waals surface area contributed by atoms with Gasteiger partial charge in [-0.1, -0.05) is 17.7 Å². The van der Waals surface area contributed by atoms with Crippen LogP contribution in [-0.2, 0) is 14.3 Å². The Morgan fingerprint density at radius 1 is 1.48 bits per heavy atom. The van der Waals surface area contributed by atoms with Gasteiger partial charge in [-0.2, -0.15) is 0 Å². The summed E-state index contributed by atoms with van der Waals surface area (Å²) in [6.07, 6.45) is -0.916. The Hall–Kier alpha value is -2.21. The first-order chi connectivity index (χ1) is 9.93. The highest BCUT2D eigenvalue weighted by Crippen LogP contribution is 2.36. The van der Waals surface area contributed by atoms with E-state index in [1.807, 2.05) is 0 Å². The molecule has 0 saturated carbocycles. The van der Waals surface area contributed by atoms with E-state index in [4.69, 9.17) is 26.2 Å². The van der Waals surface area contributed by atoms with E-state index < -0.39 is 23.8 Å². The highest BCUT2D eigenvalue weighted by molar-refractivity contribution is 6.32. The highest BCUT2D eigenvalue weighted by Gasteiger charge is 2.35. The Bertz CT molecular complexity index is 622. The number of hydrogen-bond acceptors (Lipinski definition) is 5. The average molecular weight is 313 g/mol. The number of carbonyl (C=O) groups excluding carboxylic acids is 1. The molecule has 0 aromatic heterocycles. The van der Waals surface area contributed by atoms with E-state index in [9.17, 15) is 14.7 Å². The van der Waals surface area contributed by atoms with E-state index in [0.29, 0.717) is 16.3 Å². The molecule has 1 aromatic rings. The monoisotopic (exact) mass is 312 g/mol. The fourth-order valence-corrected chi connectivity index (χ4v) is 2.38. The standard InChI is InChI=1S/C14H13ClO6/c1-20-9-3-2-7(6-8(9)15)12-10(4-5-11(16)17)21-14(19)13(12)18/h2-3,6,10,18H,4-5H2,1H3,(H,16,17). The van der Waals surface area contributed by atoms with Crippen LogP contribution in [0.2, 0.25) is 5.02 Å². The Kier molecular flexibility index (Phi) is 4.37. The van der Waals surface area contributed by atoms with Gasteiger partial charge in [0.2, 0.25) is 5.76 Å². The minimum Gasteiger partial charge on any atom is -0.502 e. The fraction of sp³-hybridized carbons (Fsp3) is 0.286. The molecular formula is C14H13ClO6. The summed E-state index contributed by atoms with van der Waals surface area (Å²) in [5.41, 5.74) is 0.727. The molecule has 0 saturated heterocycles. The number of hydrogen-bond donors (Lipinski definition) is 2. The first-order valence-corrected chi connectivity index (χ1v) is 6.51. The van der Waals surface area contributed by atoms with E-state index >= 15 is 0 Å². The number of ether oxygens (including phenoxy) is 2. The predicted molar refractivity (Wildman–Crippen MR) is 74.3 cm³/mol. The molecule has 2 rings (SSSR count). The number of carboxylic acids is 1. The van der Waals surface area contributed by atoms with Crippen LogP contribution in [0.25, 0.3) is 5.57 Å². The van der Waals surface area contributed by atoms with Crippen molar-refractivity contribution in [1.82, 2.24) is 0 Å². The number of esters is 1. The van der Waals surface area contributed by atoms with Crippen molar-refractivity contribution in [3.63, 3.8) is 0 Å². The van der Waals surface area contributed by atoms with Crippen molar-refractivity contribution in [3.8, 4) is 5.75 Å². The number of methoxy groups -OCH3 is 1. The van der Waals surface area contributed by atoms with Crippen LogP contribution in [0.5, 0.6) is 5.75 Å². The van der Waals surface area contributed by atoms with Gasteiger partial charge in [-0.15, -0.1) is 0 Å². The Morgan fingerprint density at radius 3 is 2.76 bits per heavy atom. The van der Waals surface area contributed by atoms with Gasteiger partial charge in [0, 0.05) is 12.0 Å². The van der Waals surface area contributed by atoms with Crippen molar-refractivity contribution < 1.29 is 29.3 Å². The second-order valence-electron chi connectivity index (χ2n) is 4.44. The molecule has 0 amide bonds. The highest BCUT2D eigenvalue weighted by atomic mass is 35.5. The molecule has 1 aliphatic rings. The number of halogens is 1. The quantitative estimate of drug-likeness (QED) is 0.811. The van der Waals surface area contributed by atoms with Crippen molar-refractivity contribution >= 4 is 29.1 Å². The summed E-state index contributed by atoms with van der Waals surface area (Å²) >= 11 is 6.02. The lowest BCUT2D eigenvalue weighted by molar-refractivity contribution is -0.144. The first kappa shape index (κ1) is 15.2. The zero-order chi connectivity index (χ0) is 15.6. The van der Waals surface area contributed by atoms with Gasteiger partial charge in [0.25, 0.3) is 0 Å². The lowest BCUT2D eigenvalue weighted by atomic mass is 9.97. The van der Waals surface area contributed by atoms with Gasteiger partial charge in [0.1, 0.15) is 11.9 Å².